The standard InChI is InChI=1S/C15H18FN5O3S/c1-18-12-8-13(20-14(17)19-12)21-7-6-15(22,9-21)10-2-4-11(5-3-10)25(16,23)24/h2-5,8,22H,6-7,9H2,1H3,(H3,17,18,19,20). The van der Waals surface area contributed by atoms with Crippen LogP contribution in [0, 0.1) is 0 Å². The number of nitrogen functional groups attached to an aromatic ring is 1. The lowest BCUT2D eigenvalue weighted by Crippen LogP contribution is -2.31. The predicted octanol–water partition coefficient (Wildman–Crippen LogP) is 0.857. The first-order chi connectivity index (χ1) is 11.7. The second kappa shape index (κ2) is 6.12. The molecule has 0 aliphatic carbocycles. The molecule has 2 aromatic rings. The average molecular weight is 367 g/mol. The van der Waals surface area contributed by atoms with Gasteiger partial charge in [0.05, 0.1) is 11.4 Å². The number of nitrogens with two attached hydrogens (primary N) is 1. The van der Waals surface area contributed by atoms with E-state index in [4.69, 9.17) is 5.73 Å². The summed E-state index contributed by atoms with van der Waals surface area (Å²) in [6.07, 6.45) is 0.410. The molecule has 1 aliphatic rings. The van der Waals surface area contributed by atoms with Gasteiger partial charge in [0.1, 0.15) is 17.2 Å². The van der Waals surface area contributed by atoms with Crippen LogP contribution in [0.5, 0.6) is 0 Å². The predicted molar refractivity (Wildman–Crippen MR) is 91.5 cm³/mol. The fourth-order valence-electron chi connectivity index (χ4n) is 2.90. The van der Waals surface area contributed by atoms with Gasteiger partial charge in [0.2, 0.25) is 5.95 Å². The number of anilines is 3. The second-order valence-electron chi connectivity index (χ2n) is 5.88. The molecule has 0 bridgehead atoms. The molecule has 1 aromatic carbocycles. The summed E-state index contributed by atoms with van der Waals surface area (Å²) in [5, 5.41) is 13.8. The number of aliphatic hydroxyl groups is 1. The first-order valence-corrected chi connectivity index (χ1v) is 8.94. The number of halogens is 1. The van der Waals surface area contributed by atoms with Crippen molar-refractivity contribution in [3.8, 4) is 0 Å². The number of β-amino-alcohol motifs (C(OH)–C–C–N with tert-alkyl or cyclic N) is 1. The molecule has 1 aromatic heterocycles. The molecular weight excluding hydrogens is 349 g/mol. The Morgan fingerprint density at radius 3 is 2.60 bits per heavy atom. The Hall–Kier alpha value is -2.46. The summed E-state index contributed by atoms with van der Waals surface area (Å²) in [5.74, 6) is 1.26. The Bertz CT molecular complexity index is 891. The Kier molecular flexibility index (Phi) is 4.25. The van der Waals surface area contributed by atoms with Crippen LogP contribution in [0.4, 0.5) is 21.5 Å². The summed E-state index contributed by atoms with van der Waals surface area (Å²) in [7, 11) is -3.04. The van der Waals surface area contributed by atoms with Crippen molar-refractivity contribution < 1.29 is 17.4 Å². The van der Waals surface area contributed by atoms with Gasteiger partial charge in [-0.3, -0.25) is 0 Å². The molecule has 1 atom stereocenters. The highest BCUT2D eigenvalue weighted by atomic mass is 32.3. The summed E-state index contributed by atoms with van der Waals surface area (Å²) in [5.41, 5.74) is 5.01. The van der Waals surface area contributed by atoms with Crippen molar-refractivity contribution in [2.75, 3.05) is 36.1 Å². The van der Waals surface area contributed by atoms with Crippen LogP contribution < -0.4 is 16.0 Å². The van der Waals surface area contributed by atoms with E-state index in [1.165, 1.54) is 12.1 Å². The van der Waals surface area contributed by atoms with Gasteiger partial charge in [-0.05, 0) is 24.1 Å². The third-order valence-electron chi connectivity index (χ3n) is 4.23. The normalized spacial score (nSPS) is 20.7. The molecule has 3 rings (SSSR count). The topological polar surface area (TPSA) is 121 Å². The fourth-order valence-corrected chi connectivity index (χ4v) is 3.36. The van der Waals surface area contributed by atoms with Gasteiger partial charge >= 0.3 is 10.2 Å². The van der Waals surface area contributed by atoms with Gasteiger partial charge < -0.3 is 21.1 Å². The van der Waals surface area contributed by atoms with Gasteiger partial charge in [0.25, 0.3) is 0 Å². The van der Waals surface area contributed by atoms with Crippen LogP contribution in [0.15, 0.2) is 35.2 Å². The van der Waals surface area contributed by atoms with Crippen molar-refractivity contribution >= 4 is 27.8 Å². The van der Waals surface area contributed by atoms with Gasteiger partial charge in [-0.25, -0.2) is 0 Å². The van der Waals surface area contributed by atoms with E-state index in [2.05, 4.69) is 15.3 Å². The number of benzene rings is 1. The highest BCUT2D eigenvalue weighted by Gasteiger charge is 2.38. The minimum Gasteiger partial charge on any atom is -0.383 e. The maximum Gasteiger partial charge on any atom is 0.332 e. The third kappa shape index (κ3) is 3.49. The molecule has 1 saturated heterocycles. The van der Waals surface area contributed by atoms with E-state index in [-0.39, 0.29) is 12.5 Å². The largest absolute Gasteiger partial charge is 0.383 e. The molecule has 1 unspecified atom stereocenters. The monoisotopic (exact) mass is 367 g/mol. The van der Waals surface area contributed by atoms with Gasteiger partial charge in [0.15, 0.2) is 0 Å². The van der Waals surface area contributed by atoms with E-state index in [0.29, 0.717) is 30.2 Å². The van der Waals surface area contributed by atoms with Crippen LogP contribution in [0.25, 0.3) is 0 Å². The van der Waals surface area contributed by atoms with E-state index < -0.39 is 20.7 Å². The van der Waals surface area contributed by atoms with E-state index in [9.17, 15) is 17.4 Å². The molecule has 25 heavy (non-hydrogen) atoms. The van der Waals surface area contributed by atoms with E-state index >= 15 is 0 Å². The molecule has 0 saturated carbocycles. The van der Waals surface area contributed by atoms with Crippen LogP contribution >= 0.6 is 0 Å². The van der Waals surface area contributed by atoms with Crippen LogP contribution in [-0.2, 0) is 15.8 Å². The Labute approximate surface area is 144 Å². The summed E-state index contributed by atoms with van der Waals surface area (Å²) in [6, 6.07) is 6.85. The molecule has 0 radical (unpaired) electrons. The van der Waals surface area contributed by atoms with Crippen molar-refractivity contribution in [1.29, 1.82) is 0 Å². The highest BCUT2D eigenvalue weighted by Crippen LogP contribution is 2.35. The fraction of sp³-hybridized carbons (Fsp3) is 0.333. The van der Waals surface area contributed by atoms with Crippen molar-refractivity contribution in [3.05, 3.63) is 35.9 Å². The van der Waals surface area contributed by atoms with Crippen LogP contribution in [0.2, 0.25) is 0 Å². The zero-order chi connectivity index (χ0) is 18.2. The number of nitrogens with one attached hydrogen (secondary N) is 1. The van der Waals surface area contributed by atoms with Crippen LogP contribution in [0.3, 0.4) is 0 Å². The maximum absolute atomic E-state index is 13.0. The smallest absolute Gasteiger partial charge is 0.332 e. The average Bonchev–Trinajstić information content (AvgIpc) is 2.97. The van der Waals surface area contributed by atoms with Gasteiger partial charge in [0, 0.05) is 19.7 Å². The summed E-state index contributed by atoms with van der Waals surface area (Å²) >= 11 is 0. The Morgan fingerprint density at radius 1 is 1.32 bits per heavy atom. The molecule has 2 heterocycles. The van der Waals surface area contributed by atoms with Crippen molar-refractivity contribution in [3.63, 3.8) is 0 Å². The SMILES string of the molecule is CNc1cc(N2CCC(O)(c3ccc(S(=O)(=O)F)cc3)C2)nc(N)n1. The molecule has 1 fully saturated rings. The van der Waals surface area contributed by atoms with Crippen molar-refractivity contribution in [2.45, 2.75) is 16.9 Å². The van der Waals surface area contributed by atoms with Crippen LogP contribution in [-0.4, -0.2) is 43.6 Å². The molecule has 1 aliphatic heterocycles. The lowest BCUT2D eigenvalue weighted by atomic mass is 9.93. The van der Waals surface area contributed by atoms with E-state index in [1.54, 1.807) is 13.1 Å². The van der Waals surface area contributed by atoms with E-state index in [0.717, 1.165) is 12.1 Å². The summed E-state index contributed by atoms with van der Waals surface area (Å²) in [4.78, 5) is 9.63. The first kappa shape index (κ1) is 17.4. The molecule has 10 heteroatoms. The molecule has 0 spiro atoms. The molecular formula is C15H18FN5O3S. The van der Waals surface area contributed by atoms with Crippen LogP contribution in [0.1, 0.15) is 12.0 Å². The Morgan fingerprint density at radius 2 is 2.00 bits per heavy atom. The summed E-state index contributed by atoms with van der Waals surface area (Å²) in [6.45, 7) is 0.771. The highest BCUT2D eigenvalue weighted by molar-refractivity contribution is 7.86. The molecule has 134 valence electrons. The number of hydrogen-bond acceptors (Lipinski definition) is 8. The zero-order valence-electron chi connectivity index (χ0n) is 13.5. The zero-order valence-corrected chi connectivity index (χ0v) is 14.3. The minimum absolute atomic E-state index is 0.120. The molecule has 4 N–H and O–H groups in total. The summed E-state index contributed by atoms with van der Waals surface area (Å²) < 4.78 is 34.8. The number of aromatic nitrogens is 2. The quantitative estimate of drug-likeness (QED) is 0.680. The first-order valence-electron chi connectivity index (χ1n) is 7.56. The maximum atomic E-state index is 13.0. The van der Waals surface area contributed by atoms with Gasteiger partial charge in [-0.15, -0.1) is 3.89 Å². The number of nitrogens with zero attached hydrogens (tertiary/aromatic N) is 3. The molecule has 8 nitrogen and oxygen atoms in total. The minimum atomic E-state index is -4.76. The number of hydrogen-bond donors (Lipinski definition) is 3. The Balaban J connectivity index is 1.85. The lowest BCUT2D eigenvalue weighted by molar-refractivity contribution is 0.0605. The third-order valence-corrected chi connectivity index (χ3v) is 5.07. The van der Waals surface area contributed by atoms with E-state index in [1.807, 2.05) is 4.90 Å². The second-order valence-corrected chi connectivity index (χ2v) is 7.23. The van der Waals surface area contributed by atoms with Gasteiger partial charge in [-0.1, -0.05) is 12.1 Å². The van der Waals surface area contributed by atoms with Crippen molar-refractivity contribution in [1.82, 2.24) is 9.97 Å². The molecule has 0 amide bonds. The van der Waals surface area contributed by atoms with Crippen molar-refractivity contribution in [2.24, 2.45) is 0 Å². The number of rotatable bonds is 4. The lowest BCUT2D eigenvalue weighted by Gasteiger charge is -2.24. The van der Waals surface area contributed by atoms with Gasteiger partial charge in [-0.2, -0.15) is 18.4 Å².